The molecule has 0 atom stereocenters. The fourth-order valence-electron chi connectivity index (χ4n) is 0.391. The quantitative estimate of drug-likeness (QED) is 0.472. The molecule has 41 valence electrons. The highest BCUT2D eigenvalue weighted by atomic mass is 16.3. The fraction of sp³-hybridized carbons (Fsp3) is 0.667. The predicted molar refractivity (Wildman–Crippen MR) is 29.4 cm³/mol. The van der Waals surface area contributed by atoms with Crippen LogP contribution in [-0.2, 0) is 5.11 Å². The molecule has 0 N–H and O–H groups in total. The summed E-state index contributed by atoms with van der Waals surface area (Å²) >= 11 is 0. The molecular formula is C6H11O. The van der Waals surface area contributed by atoms with Gasteiger partial charge in [-0.25, -0.2) is 0 Å². The summed E-state index contributed by atoms with van der Waals surface area (Å²) in [6, 6.07) is 0. The highest BCUT2D eigenvalue weighted by Crippen LogP contribution is 1.98. The van der Waals surface area contributed by atoms with Crippen LogP contribution < -0.4 is 0 Å². The Kier molecular flexibility index (Phi) is 3.48. The van der Waals surface area contributed by atoms with Gasteiger partial charge in [0.2, 0.25) is 0 Å². The van der Waals surface area contributed by atoms with E-state index in [0.717, 1.165) is 6.42 Å². The van der Waals surface area contributed by atoms with E-state index in [9.17, 15) is 5.11 Å². The van der Waals surface area contributed by atoms with Crippen LogP contribution in [0.3, 0.4) is 0 Å². The van der Waals surface area contributed by atoms with E-state index >= 15 is 0 Å². The van der Waals surface area contributed by atoms with E-state index in [4.69, 9.17) is 0 Å². The van der Waals surface area contributed by atoms with Gasteiger partial charge in [-0.3, -0.25) is 5.11 Å². The van der Waals surface area contributed by atoms with Gasteiger partial charge in [0.15, 0.2) is 5.76 Å². The molecule has 0 aliphatic rings. The third-order valence-corrected chi connectivity index (χ3v) is 0.818. The van der Waals surface area contributed by atoms with Gasteiger partial charge in [0.25, 0.3) is 0 Å². The molecule has 1 radical (unpaired) electrons. The van der Waals surface area contributed by atoms with Crippen LogP contribution in [0.2, 0.25) is 0 Å². The molecular weight excluding hydrogens is 88.1 g/mol. The molecule has 0 fully saturated rings. The second-order valence-electron chi connectivity index (χ2n) is 1.50. The Balaban J connectivity index is 3.17. The SMILES string of the molecule is C/C=C(\[O])CCC. The summed E-state index contributed by atoms with van der Waals surface area (Å²) in [5.41, 5.74) is 0. The Morgan fingerprint density at radius 3 is 2.43 bits per heavy atom. The van der Waals surface area contributed by atoms with Gasteiger partial charge < -0.3 is 0 Å². The smallest absolute Gasteiger partial charge is 0.151 e. The zero-order valence-corrected chi connectivity index (χ0v) is 4.90. The molecule has 0 saturated carbocycles. The van der Waals surface area contributed by atoms with Crippen molar-refractivity contribution in [2.24, 2.45) is 0 Å². The van der Waals surface area contributed by atoms with Crippen molar-refractivity contribution >= 4 is 0 Å². The van der Waals surface area contributed by atoms with Crippen molar-refractivity contribution in [2.75, 3.05) is 0 Å². The normalized spacial score (nSPS) is 12.0. The van der Waals surface area contributed by atoms with Crippen LogP contribution in [0, 0.1) is 0 Å². The summed E-state index contributed by atoms with van der Waals surface area (Å²) < 4.78 is 0. The summed E-state index contributed by atoms with van der Waals surface area (Å²) in [5, 5.41) is 10.4. The van der Waals surface area contributed by atoms with Crippen LogP contribution in [0.4, 0.5) is 0 Å². The van der Waals surface area contributed by atoms with E-state index in [1.54, 1.807) is 13.0 Å². The highest BCUT2D eigenvalue weighted by Gasteiger charge is 1.86. The van der Waals surface area contributed by atoms with Gasteiger partial charge in [-0.05, 0) is 19.4 Å². The molecule has 0 bridgehead atoms. The van der Waals surface area contributed by atoms with E-state index in [1.807, 2.05) is 6.92 Å². The minimum atomic E-state index is 0.252. The molecule has 0 aliphatic carbocycles. The Hall–Kier alpha value is -0.460. The maximum absolute atomic E-state index is 10.4. The third kappa shape index (κ3) is 3.37. The van der Waals surface area contributed by atoms with Crippen LogP contribution in [0.25, 0.3) is 0 Å². The molecule has 0 rings (SSSR count). The average molecular weight is 99.2 g/mol. The first-order chi connectivity index (χ1) is 3.31. The first kappa shape index (κ1) is 6.54. The van der Waals surface area contributed by atoms with E-state index < -0.39 is 0 Å². The standard InChI is InChI=1S/C6H11O/c1-3-5-6(7)4-2/h4H,3,5H2,1-2H3/b6-4-. The molecule has 1 nitrogen and oxygen atoms in total. The van der Waals surface area contributed by atoms with E-state index in [-0.39, 0.29) is 5.76 Å². The molecule has 0 amide bonds. The van der Waals surface area contributed by atoms with Crippen molar-refractivity contribution in [3.8, 4) is 0 Å². The second-order valence-corrected chi connectivity index (χ2v) is 1.50. The van der Waals surface area contributed by atoms with Crippen molar-refractivity contribution in [3.05, 3.63) is 11.8 Å². The maximum Gasteiger partial charge on any atom is 0.151 e. The second kappa shape index (κ2) is 3.72. The molecule has 7 heavy (non-hydrogen) atoms. The topological polar surface area (TPSA) is 19.9 Å². The minimum Gasteiger partial charge on any atom is -0.295 e. The summed E-state index contributed by atoms with van der Waals surface area (Å²) in [5.74, 6) is 0.252. The largest absolute Gasteiger partial charge is 0.295 e. The van der Waals surface area contributed by atoms with Crippen LogP contribution in [-0.4, -0.2) is 0 Å². The lowest BCUT2D eigenvalue weighted by atomic mass is 10.3. The van der Waals surface area contributed by atoms with Gasteiger partial charge >= 0.3 is 0 Å². The summed E-state index contributed by atoms with van der Waals surface area (Å²) in [6.07, 6.45) is 3.28. The molecule has 0 heterocycles. The molecule has 0 aliphatic heterocycles. The first-order valence-electron chi connectivity index (χ1n) is 2.63. The van der Waals surface area contributed by atoms with Gasteiger partial charge in [-0.2, -0.15) is 0 Å². The van der Waals surface area contributed by atoms with Crippen molar-refractivity contribution in [1.82, 2.24) is 0 Å². The highest BCUT2D eigenvalue weighted by molar-refractivity contribution is 4.85. The molecule has 0 aromatic carbocycles. The van der Waals surface area contributed by atoms with E-state index in [1.165, 1.54) is 0 Å². The van der Waals surface area contributed by atoms with Crippen LogP contribution in [0.5, 0.6) is 0 Å². The zero-order valence-electron chi connectivity index (χ0n) is 4.90. The first-order valence-corrected chi connectivity index (χ1v) is 2.63. The average Bonchev–Trinajstić information content (AvgIpc) is 1.68. The van der Waals surface area contributed by atoms with Crippen molar-refractivity contribution in [2.45, 2.75) is 26.7 Å². The Morgan fingerprint density at radius 1 is 1.71 bits per heavy atom. The van der Waals surface area contributed by atoms with Gasteiger partial charge in [-0.1, -0.05) is 6.92 Å². The third-order valence-electron chi connectivity index (χ3n) is 0.818. The summed E-state index contributed by atoms with van der Waals surface area (Å²) in [4.78, 5) is 0. The molecule has 0 unspecified atom stereocenters. The fourth-order valence-corrected chi connectivity index (χ4v) is 0.391. The molecule has 0 aromatic rings. The number of hydrogen-bond acceptors (Lipinski definition) is 0. The monoisotopic (exact) mass is 99.1 g/mol. The lowest BCUT2D eigenvalue weighted by Gasteiger charge is -1.85. The lowest BCUT2D eigenvalue weighted by Crippen LogP contribution is -1.73. The summed E-state index contributed by atoms with van der Waals surface area (Å²) in [6.45, 7) is 3.78. The number of allylic oxidation sites excluding steroid dienone is 2. The Labute approximate surface area is 44.7 Å². The number of rotatable bonds is 2. The van der Waals surface area contributed by atoms with Gasteiger partial charge in [-0.15, -0.1) is 0 Å². The summed E-state index contributed by atoms with van der Waals surface area (Å²) in [7, 11) is 0. The van der Waals surface area contributed by atoms with Crippen LogP contribution in [0.1, 0.15) is 26.7 Å². The zero-order chi connectivity index (χ0) is 5.70. The van der Waals surface area contributed by atoms with Gasteiger partial charge in [0, 0.05) is 6.42 Å². The molecule has 0 aromatic heterocycles. The Bertz CT molecular complexity index is 64.6. The lowest BCUT2D eigenvalue weighted by molar-refractivity contribution is 0.279. The van der Waals surface area contributed by atoms with Crippen molar-refractivity contribution < 1.29 is 5.11 Å². The van der Waals surface area contributed by atoms with Gasteiger partial charge in [0.05, 0.1) is 0 Å². The van der Waals surface area contributed by atoms with Crippen molar-refractivity contribution in [1.29, 1.82) is 0 Å². The van der Waals surface area contributed by atoms with Crippen LogP contribution >= 0.6 is 0 Å². The predicted octanol–water partition coefficient (Wildman–Crippen LogP) is 2.12. The van der Waals surface area contributed by atoms with Gasteiger partial charge in [0.1, 0.15) is 0 Å². The molecule has 0 saturated heterocycles. The molecule has 1 heteroatoms. The number of hydrogen-bond donors (Lipinski definition) is 0. The minimum absolute atomic E-state index is 0.252. The molecule has 0 spiro atoms. The maximum atomic E-state index is 10.4. The van der Waals surface area contributed by atoms with E-state index in [2.05, 4.69) is 0 Å². The van der Waals surface area contributed by atoms with Crippen LogP contribution in [0.15, 0.2) is 11.8 Å². The van der Waals surface area contributed by atoms with E-state index in [0.29, 0.717) is 6.42 Å². The van der Waals surface area contributed by atoms with Crippen molar-refractivity contribution in [3.63, 3.8) is 0 Å². The Morgan fingerprint density at radius 2 is 2.29 bits per heavy atom.